The Bertz CT molecular complexity index is 919. The van der Waals surface area contributed by atoms with E-state index in [1.807, 2.05) is 26.8 Å². The maximum absolute atomic E-state index is 12.9. The number of carbonyl (C=O) groups is 1. The van der Waals surface area contributed by atoms with E-state index >= 15 is 0 Å². The van der Waals surface area contributed by atoms with Crippen LogP contribution < -0.4 is 10.2 Å². The van der Waals surface area contributed by atoms with Gasteiger partial charge < -0.3 is 10.2 Å². The summed E-state index contributed by atoms with van der Waals surface area (Å²) < 4.78 is 38.7. The largest absolute Gasteiger partial charge is 0.416 e. The van der Waals surface area contributed by atoms with Crippen molar-refractivity contribution < 1.29 is 18.0 Å². The van der Waals surface area contributed by atoms with Crippen LogP contribution in [0.4, 0.5) is 24.5 Å². The maximum Gasteiger partial charge on any atom is 0.416 e. The molecule has 0 saturated carbocycles. The predicted octanol–water partition coefficient (Wildman–Crippen LogP) is 6.30. The molecular weight excluding hydrogens is 401 g/mol. The van der Waals surface area contributed by atoms with Crippen LogP contribution in [0, 0.1) is 5.41 Å². The van der Waals surface area contributed by atoms with E-state index in [1.165, 1.54) is 6.07 Å². The summed E-state index contributed by atoms with van der Waals surface area (Å²) in [5.41, 5.74) is 2.30. The van der Waals surface area contributed by atoms with Crippen molar-refractivity contribution >= 4 is 28.9 Å². The van der Waals surface area contributed by atoms with Crippen LogP contribution in [0.15, 0.2) is 36.4 Å². The molecule has 1 aliphatic heterocycles. The molecule has 0 aliphatic carbocycles. The zero-order valence-electron chi connectivity index (χ0n) is 16.7. The first-order valence-corrected chi connectivity index (χ1v) is 9.83. The molecule has 29 heavy (non-hydrogen) atoms. The number of rotatable bonds is 3. The summed E-state index contributed by atoms with van der Waals surface area (Å²) in [7, 11) is 0. The summed E-state index contributed by atoms with van der Waals surface area (Å²) in [6.07, 6.45) is -3.41. The van der Waals surface area contributed by atoms with Crippen LogP contribution in [-0.2, 0) is 23.9 Å². The Morgan fingerprint density at radius 1 is 1.10 bits per heavy atom. The van der Waals surface area contributed by atoms with Crippen molar-refractivity contribution in [2.45, 2.75) is 46.3 Å². The average Bonchev–Trinajstić information content (AvgIpc) is 2.60. The Kier molecular flexibility index (Phi) is 5.86. The molecule has 0 radical (unpaired) electrons. The summed E-state index contributed by atoms with van der Waals surface area (Å²) in [5.74, 6) is -0.0977. The van der Waals surface area contributed by atoms with Crippen molar-refractivity contribution in [3.8, 4) is 0 Å². The van der Waals surface area contributed by atoms with Crippen molar-refractivity contribution in [3.05, 3.63) is 58.1 Å². The molecule has 7 heteroatoms. The van der Waals surface area contributed by atoms with Gasteiger partial charge >= 0.3 is 6.18 Å². The molecule has 0 aromatic heterocycles. The standard InChI is InChI=1S/C22H24ClF3N2O/c1-21(2,3)12-20(29)27-19-7-6-17(11-18(19)23)28-9-8-14-10-16(22(24,25)26)5-4-15(14)13-28/h4-7,10-11H,8-9,12-13H2,1-3H3,(H,27,29). The zero-order valence-corrected chi connectivity index (χ0v) is 17.4. The summed E-state index contributed by atoms with van der Waals surface area (Å²) in [6, 6.07) is 9.33. The first kappa shape index (κ1) is 21.5. The van der Waals surface area contributed by atoms with Crippen LogP contribution in [0.3, 0.4) is 0 Å². The molecule has 0 spiro atoms. The minimum Gasteiger partial charge on any atom is -0.367 e. The third-order valence-electron chi connectivity index (χ3n) is 4.83. The summed E-state index contributed by atoms with van der Waals surface area (Å²) in [4.78, 5) is 14.2. The van der Waals surface area contributed by atoms with Gasteiger partial charge in [0.1, 0.15) is 0 Å². The van der Waals surface area contributed by atoms with Crippen LogP contribution in [-0.4, -0.2) is 12.5 Å². The number of benzene rings is 2. The molecule has 1 amide bonds. The molecule has 2 aromatic rings. The van der Waals surface area contributed by atoms with E-state index in [1.54, 1.807) is 18.2 Å². The van der Waals surface area contributed by atoms with Gasteiger partial charge in [-0.25, -0.2) is 0 Å². The molecule has 0 atom stereocenters. The second-order valence-electron chi connectivity index (χ2n) is 8.60. The van der Waals surface area contributed by atoms with Crippen LogP contribution in [0.25, 0.3) is 0 Å². The first-order valence-electron chi connectivity index (χ1n) is 9.46. The fourth-order valence-electron chi connectivity index (χ4n) is 3.43. The lowest BCUT2D eigenvalue weighted by Gasteiger charge is -2.31. The number of hydrogen-bond donors (Lipinski definition) is 1. The van der Waals surface area contributed by atoms with Crippen LogP contribution in [0.1, 0.15) is 43.9 Å². The fraction of sp³-hybridized carbons (Fsp3) is 0.409. The highest BCUT2D eigenvalue weighted by molar-refractivity contribution is 6.34. The van der Waals surface area contributed by atoms with Crippen molar-refractivity contribution in [3.63, 3.8) is 0 Å². The van der Waals surface area contributed by atoms with Crippen LogP contribution in [0.5, 0.6) is 0 Å². The minimum absolute atomic E-state index is 0.0977. The van der Waals surface area contributed by atoms with E-state index in [9.17, 15) is 18.0 Å². The number of alkyl halides is 3. The molecule has 3 rings (SSSR count). The number of hydrogen-bond acceptors (Lipinski definition) is 2. The average molecular weight is 425 g/mol. The number of halogens is 4. The van der Waals surface area contributed by atoms with Crippen molar-refractivity contribution in [2.24, 2.45) is 5.41 Å². The molecule has 0 fully saturated rings. The van der Waals surface area contributed by atoms with Gasteiger partial charge in [-0.15, -0.1) is 0 Å². The lowest BCUT2D eigenvalue weighted by atomic mass is 9.92. The van der Waals surface area contributed by atoms with Gasteiger partial charge in [-0.1, -0.05) is 38.4 Å². The Hall–Kier alpha value is -2.21. The van der Waals surface area contributed by atoms with Gasteiger partial charge in [-0.3, -0.25) is 4.79 Å². The second kappa shape index (κ2) is 7.90. The molecule has 1 heterocycles. The molecule has 1 aliphatic rings. The number of fused-ring (bicyclic) bond motifs is 1. The SMILES string of the molecule is CC(C)(C)CC(=O)Nc1ccc(N2CCc3cc(C(F)(F)F)ccc3C2)cc1Cl. The topological polar surface area (TPSA) is 32.3 Å². The molecule has 0 unspecified atom stereocenters. The number of carbonyl (C=O) groups excluding carboxylic acids is 1. The molecule has 156 valence electrons. The Balaban J connectivity index is 1.72. The quantitative estimate of drug-likeness (QED) is 0.627. The highest BCUT2D eigenvalue weighted by atomic mass is 35.5. The fourth-order valence-corrected chi connectivity index (χ4v) is 3.65. The van der Waals surface area contributed by atoms with Crippen molar-refractivity contribution in [2.75, 3.05) is 16.8 Å². The molecule has 2 aromatic carbocycles. The van der Waals surface area contributed by atoms with Gasteiger partial charge in [0.25, 0.3) is 0 Å². The maximum atomic E-state index is 12.9. The summed E-state index contributed by atoms with van der Waals surface area (Å²) in [5, 5.41) is 3.27. The van der Waals surface area contributed by atoms with E-state index in [4.69, 9.17) is 11.6 Å². The van der Waals surface area contributed by atoms with E-state index < -0.39 is 11.7 Å². The van der Waals surface area contributed by atoms with Gasteiger partial charge in [-0.05, 0) is 53.3 Å². The lowest BCUT2D eigenvalue weighted by molar-refractivity contribution is -0.137. The normalized spacial score (nSPS) is 14.5. The van der Waals surface area contributed by atoms with E-state index in [0.717, 1.165) is 22.9 Å². The third kappa shape index (κ3) is 5.44. The molecule has 0 bridgehead atoms. The summed E-state index contributed by atoms with van der Waals surface area (Å²) in [6.45, 7) is 7.08. The Labute approximate surface area is 173 Å². The Morgan fingerprint density at radius 3 is 2.45 bits per heavy atom. The molecular formula is C22H24ClF3N2O. The molecule has 0 saturated heterocycles. The van der Waals surface area contributed by atoms with E-state index in [0.29, 0.717) is 36.6 Å². The van der Waals surface area contributed by atoms with Gasteiger partial charge in [0.05, 0.1) is 16.3 Å². The van der Waals surface area contributed by atoms with Crippen molar-refractivity contribution in [1.82, 2.24) is 0 Å². The van der Waals surface area contributed by atoms with Crippen LogP contribution in [0.2, 0.25) is 5.02 Å². The summed E-state index contributed by atoms with van der Waals surface area (Å²) >= 11 is 6.37. The first-order chi connectivity index (χ1) is 13.4. The third-order valence-corrected chi connectivity index (χ3v) is 5.14. The Morgan fingerprint density at radius 2 is 1.83 bits per heavy atom. The zero-order chi connectivity index (χ0) is 21.4. The highest BCUT2D eigenvalue weighted by Crippen LogP contribution is 2.34. The molecule has 1 N–H and O–H groups in total. The predicted molar refractivity (Wildman–Crippen MR) is 110 cm³/mol. The number of amides is 1. The van der Waals surface area contributed by atoms with E-state index in [-0.39, 0.29) is 11.3 Å². The molecule has 3 nitrogen and oxygen atoms in total. The van der Waals surface area contributed by atoms with Gasteiger partial charge in [-0.2, -0.15) is 13.2 Å². The second-order valence-corrected chi connectivity index (χ2v) is 9.01. The number of anilines is 2. The van der Waals surface area contributed by atoms with Crippen molar-refractivity contribution in [1.29, 1.82) is 0 Å². The smallest absolute Gasteiger partial charge is 0.367 e. The number of nitrogens with one attached hydrogen (secondary N) is 1. The van der Waals surface area contributed by atoms with Gasteiger partial charge in [0.2, 0.25) is 5.91 Å². The van der Waals surface area contributed by atoms with E-state index in [2.05, 4.69) is 10.2 Å². The van der Waals surface area contributed by atoms with Crippen LogP contribution >= 0.6 is 11.6 Å². The minimum atomic E-state index is -4.33. The van der Waals surface area contributed by atoms with Gasteiger partial charge in [0.15, 0.2) is 0 Å². The number of nitrogens with zero attached hydrogens (tertiary/aromatic N) is 1. The van der Waals surface area contributed by atoms with Gasteiger partial charge in [0, 0.05) is 25.2 Å². The highest BCUT2D eigenvalue weighted by Gasteiger charge is 2.31. The lowest BCUT2D eigenvalue weighted by Crippen LogP contribution is -2.30. The monoisotopic (exact) mass is 424 g/mol.